The van der Waals surface area contributed by atoms with Crippen molar-refractivity contribution in [2.45, 2.75) is 57.5 Å². The fourth-order valence-electron chi connectivity index (χ4n) is 2.23. The predicted octanol–water partition coefficient (Wildman–Crippen LogP) is 0.873. The smallest absolute Gasteiger partial charge is 0.326 e. The minimum atomic E-state index is -0.992. The lowest BCUT2D eigenvalue weighted by Gasteiger charge is -2.25. The Morgan fingerprint density at radius 3 is 2.29 bits per heavy atom. The van der Waals surface area contributed by atoms with Gasteiger partial charge in [0.15, 0.2) is 0 Å². The number of amides is 1. The van der Waals surface area contributed by atoms with Crippen molar-refractivity contribution in [2.75, 3.05) is 0 Å². The first-order chi connectivity index (χ1) is 7.85. The Bertz CT molecular complexity index is 296. The molecule has 1 rings (SSSR count). The zero-order chi connectivity index (χ0) is 13.1. The summed E-state index contributed by atoms with van der Waals surface area (Å²) >= 11 is 0. The molecule has 0 radical (unpaired) electrons. The van der Waals surface area contributed by atoms with Crippen LogP contribution < -0.4 is 11.1 Å². The Hall–Kier alpha value is -1.10. The third kappa shape index (κ3) is 3.70. The van der Waals surface area contributed by atoms with Gasteiger partial charge in [0.2, 0.25) is 5.91 Å². The van der Waals surface area contributed by atoms with Crippen LogP contribution in [0.4, 0.5) is 0 Å². The van der Waals surface area contributed by atoms with Crippen LogP contribution in [0.1, 0.15) is 46.0 Å². The van der Waals surface area contributed by atoms with Crippen molar-refractivity contribution in [1.29, 1.82) is 0 Å². The van der Waals surface area contributed by atoms with Crippen LogP contribution in [0.2, 0.25) is 0 Å². The zero-order valence-corrected chi connectivity index (χ0v) is 10.5. The number of nitrogens with two attached hydrogens (primary N) is 1. The van der Waals surface area contributed by atoms with Gasteiger partial charge in [0.25, 0.3) is 0 Å². The second kappa shape index (κ2) is 5.49. The summed E-state index contributed by atoms with van der Waals surface area (Å²) in [5.74, 6) is -1.09. The third-order valence-electron chi connectivity index (χ3n) is 3.26. The van der Waals surface area contributed by atoms with Crippen LogP contribution in [-0.2, 0) is 9.59 Å². The van der Waals surface area contributed by atoms with Crippen molar-refractivity contribution < 1.29 is 14.7 Å². The van der Waals surface area contributed by atoms with Gasteiger partial charge in [-0.15, -0.1) is 0 Å². The Morgan fingerprint density at radius 2 is 1.88 bits per heavy atom. The van der Waals surface area contributed by atoms with E-state index in [-0.39, 0.29) is 11.8 Å². The summed E-state index contributed by atoms with van der Waals surface area (Å²) in [6.07, 6.45) is 3.59. The molecular formula is C12H22N2O3. The summed E-state index contributed by atoms with van der Waals surface area (Å²) < 4.78 is 0. The SMILES string of the molecule is CC(C)CC(NC(=O)C1(N)CCCC1)C(=O)O. The van der Waals surface area contributed by atoms with E-state index in [1.165, 1.54) is 0 Å². The molecule has 0 aliphatic heterocycles. The van der Waals surface area contributed by atoms with Gasteiger partial charge in [-0.1, -0.05) is 26.7 Å². The monoisotopic (exact) mass is 242 g/mol. The van der Waals surface area contributed by atoms with Gasteiger partial charge in [-0.25, -0.2) is 4.79 Å². The molecule has 5 heteroatoms. The number of aliphatic carboxylic acids is 1. The molecule has 0 bridgehead atoms. The number of carbonyl (C=O) groups excluding carboxylic acids is 1. The summed E-state index contributed by atoms with van der Waals surface area (Å²) in [5.41, 5.74) is 5.12. The summed E-state index contributed by atoms with van der Waals surface area (Å²) in [7, 11) is 0. The van der Waals surface area contributed by atoms with Crippen molar-refractivity contribution in [1.82, 2.24) is 5.32 Å². The second-order valence-electron chi connectivity index (χ2n) is 5.36. The van der Waals surface area contributed by atoms with E-state index in [1.807, 2.05) is 13.8 Å². The van der Waals surface area contributed by atoms with Crippen molar-refractivity contribution >= 4 is 11.9 Å². The Kier molecular flexibility index (Phi) is 4.51. The van der Waals surface area contributed by atoms with Crippen LogP contribution in [0.5, 0.6) is 0 Å². The van der Waals surface area contributed by atoms with E-state index in [0.29, 0.717) is 19.3 Å². The highest BCUT2D eigenvalue weighted by atomic mass is 16.4. The Balaban J connectivity index is 2.60. The molecule has 1 aliphatic rings. The molecule has 0 aromatic carbocycles. The van der Waals surface area contributed by atoms with E-state index in [0.717, 1.165) is 12.8 Å². The lowest BCUT2D eigenvalue weighted by atomic mass is 9.96. The summed E-state index contributed by atoms with van der Waals surface area (Å²) in [5, 5.41) is 11.6. The summed E-state index contributed by atoms with van der Waals surface area (Å²) in [6, 6.07) is -0.830. The number of rotatable bonds is 5. The number of carbonyl (C=O) groups is 2. The van der Waals surface area contributed by atoms with Crippen LogP contribution in [0.3, 0.4) is 0 Å². The van der Waals surface area contributed by atoms with Crippen molar-refractivity contribution in [3.8, 4) is 0 Å². The molecule has 4 N–H and O–H groups in total. The lowest BCUT2D eigenvalue weighted by molar-refractivity contribution is -0.143. The molecular weight excluding hydrogens is 220 g/mol. The first-order valence-corrected chi connectivity index (χ1v) is 6.18. The molecule has 1 fully saturated rings. The van der Waals surface area contributed by atoms with Crippen molar-refractivity contribution in [3.63, 3.8) is 0 Å². The van der Waals surface area contributed by atoms with Crippen LogP contribution in [-0.4, -0.2) is 28.6 Å². The fraction of sp³-hybridized carbons (Fsp3) is 0.833. The first-order valence-electron chi connectivity index (χ1n) is 6.18. The van der Waals surface area contributed by atoms with Gasteiger partial charge in [0.05, 0.1) is 5.54 Å². The summed E-state index contributed by atoms with van der Waals surface area (Å²) in [4.78, 5) is 23.0. The molecule has 17 heavy (non-hydrogen) atoms. The Labute approximate surface area is 102 Å². The predicted molar refractivity (Wildman–Crippen MR) is 64.4 cm³/mol. The maximum absolute atomic E-state index is 12.0. The molecule has 1 atom stereocenters. The van der Waals surface area contributed by atoms with Gasteiger partial charge in [-0.05, 0) is 25.2 Å². The Morgan fingerprint density at radius 1 is 1.35 bits per heavy atom. The number of carboxylic acid groups (broad SMARTS) is 1. The van der Waals surface area contributed by atoms with Gasteiger partial charge in [-0.3, -0.25) is 4.79 Å². The van der Waals surface area contributed by atoms with Gasteiger partial charge >= 0.3 is 5.97 Å². The number of hydrogen-bond donors (Lipinski definition) is 3. The minimum Gasteiger partial charge on any atom is -0.480 e. The van der Waals surface area contributed by atoms with E-state index in [1.54, 1.807) is 0 Å². The van der Waals surface area contributed by atoms with Crippen molar-refractivity contribution in [3.05, 3.63) is 0 Å². The topological polar surface area (TPSA) is 92.4 Å². The van der Waals surface area contributed by atoms with Gasteiger partial charge in [-0.2, -0.15) is 0 Å². The second-order valence-corrected chi connectivity index (χ2v) is 5.36. The highest BCUT2D eigenvalue weighted by Gasteiger charge is 2.38. The van der Waals surface area contributed by atoms with Gasteiger partial charge in [0, 0.05) is 0 Å². The number of carboxylic acids is 1. The largest absolute Gasteiger partial charge is 0.480 e. The zero-order valence-electron chi connectivity index (χ0n) is 10.5. The van der Waals surface area contributed by atoms with Gasteiger partial charge in [0.1, 0.15) is 6.04 Å². The molecule has 1 unspecified atom stereocenters. The van der Waals surface area contributed by atoms with Crippen LogP contribution in [0.25, 0.3) is 0 Å². The molecule has 0 spiro atoms. The average molecular weight is 242 g/mol. The van der Waals surface area contributed by atoms with Crippen molar-refractivity contribution in [2.24, 2.45) is 11.7 Å². The highest BCUT2D eigenvalue weighted by Crippen LogP contribution is 2.27. The molecule has 0 saturated heterocycles. The molecule has 1 saturated carbocycles. The highest BCUT2D eigenvalue weighted by molar-refractivity contribution is 5.90. The third-order valence-corrected chi connectivity index (χ3v) is 3.26. The van der Waals surface area contributed by atoms with E-state index >= 15 is 0 Å². The van der Waals surface area contributed by atoms with Gasteiger partial charge < -0.3 is 16.2 Å². The van der Waals surface area contributed by atoms with E-state index < -0.39 is 17.6 Å². The van der Waals surface area contributed by atoms with E-state index in [9.17, 15) is 9.59 Å². The van der Waals surface area contributed by atoms with Crippen LogP contribution in [0.15, 0.2) is 0 Å². The molecule has 1 aliphatic carbocycles. The fourth-order valence-corrected chi connectivity index (χ4v) is 2.23. The molecule has 1 amide bonds. The lowest BCUT2D eigenvalue weighted by Crippen LogP contribution is -2.56. The van der Waals surface area contributed by atoms with Crippen LogP contribution >= 0.6 is 0 Å². The molecule has 5 nitrogen and oxygen atoms in total. The average Bonchev–Trinajstić information content (AvgIpc) is 2.64. The first kappa shape index (κ1) is 14.0. The molecule has 98 valence electrons. The van der Waals surface area contributed by atoms with Crippen LogP contribution in [0, 0.1) is 5.92 Å². The normalized spacial score (nSPS) is 20.2. The maximum Gasteiger partial charge on any atom is 0.326 e. The number of nitrogens with one attached hydrogen (secondary N) is 1. The molecule has 0 aromatic heterocycles. The number of hydrogen-bond acceptors (Lipinski definition) is 3. The maximum atomic E-state index is 12.0. The summed E-state index contributed by atoms with van der Waals surface area (Å²) in [6.45, 7) is 3.85. The molecule has 0 aromatic rings. The van der Waals surface area contributed by atoms with E-state index in [2.05, 4.69) is 5.32 Å². The standard InChI is InChI=1S/C12H22N2O3/c1-8(2)7-9(10(15)16)14-11(17)12(13)5-3-4-6-12/h8-9H,3-7,13H2,1-2H3,(H,14,17)(H,15,16). The van der Waals surface area contributed by atoms with E-state index in [4.69, 9.17) is 10.8 Å². The quantitative estimate of drug-likeness (QED) is 0.667. The molecule has 0 heterocycles. The minimum absolute atomic E-state index is 0.216.